The molecule has 5 aromatic rings. The van der Waals surface area contributed by atoms with Gasteiger partial charge in [0.15, 0.2) is 11.2 Å². The van der Waals surface area contributed by atoms with Gasteiger partial charge < -0.3 is 4.98 Å². The molecule has 0 bridgehead atoms. The van der Waals surface area contributed by atoms with E-state index >= 15 is 0 Å². The molecule has 0 saturated carbocycles. The van der Waals surface area contributed by atoms with Gasteiger partial charge in [-0.3, -0.25) is 18.4 Å². The molecule has 0 unspecified atom stereocenters. The van der Waals surface area contributed by atoms with E-state index in [9.17, 15) is 4.79 Å². The Kier molecular flexibility index (Phi) is 4.64. The maximum atomic E-state index is 13.0. The minimum atomic E-state index is -0.120. The zero-order valence-electron chi connectivity index (χ0n) is 17.3. The highest BCUT2D eigenvalue weighted by Gasteiger charge is 2.16. The molecule has 154 valence electrons. The van der Waals surface area contributed by atoms with Crippen LogP contribution in [0.15, 0.2) is 53.8 Å². The highest BCUT2D eigenvalue weighted by atomic mass is 16.1. The van der Waals surface area contributed by atoms with Crippen LogP contribution in [0.25, 0.3) is 28.3 Å². The molecule has 0 saturated heterocycles. The van der Waals surface area contributed by atoms with Crippen LogP contribution in [0.4, 0.5) is 0 Å². The molecule has 0 amide bonds. The lowest BCUT2D eigenvalue weighted by atomic mass is 10.1. The first-order valence-corrected chi connectivity index (χ1v) is 10.2. The van der Waals surface area contributed by atoms with Gasteiger partial charge in [0.2, 0.25) is 5.78 Å². The van der Waals surface area contributed by atoms with E-state index in [2.05, 4.69) is 38.0 Å². The van der Waals surface area contributed by atoms with E-state index in [-0.39, 0.29) is 5.56 Å². The Labute approximate surface area is 178 Å². The van der Waals surface area contributed by atoms with E-state index in [1.54, 1.807) is 21.6 Å². The quantitative estimate of drug-likeness (QED) is 0.461. The summed E-state index contributed by atoms with van der Waals surface area (Å²) in [7, 11) is 0. The SMILES string of the molecule is CCCn1c(=O)c2[nH]c(-c3cnn(CC#Cc4cccc(C)c4)c3)nc2n2ccnc12. The van der Waals surface area contributed by atoms with E-state index in [1.165, 1.54) is 5.56 Å². The van der Waals surface area contributed by atoms with Crippen LogP contribution in [-0.4, -0.2) is 33.7 Å². The van der Waals surface area contributed by atoms with Crippen molar-refractivity contribution in [3.8, 4) is 23.2 Å². The second kappa shape index (κ2) is 7.61. The molecule has 1 N–H and O–H groups in total. The van der Waals surface area contributed by atoms with Crippen LogP contribution < -0.4 is 5.56 Å². The molecule has 8 heteroatoms. The third kappa shape index (κ3) is 3.40. The van der Waals surface area contributed by atoms with Crippen LogP contribution in [0.3, 0.4) is 0 Å². The number of rotatable bonds is 4. The number of aromatic amines is 1. The zero-order valence-corrected chi connectivity index (χ0v) is 17.3. The zero-order chi connectivity index (χ0) is 21.4. The summed E-state index contributed by atoms with van der Waals surface area (Å²) in [6.07, 6.45) is 7.93. The molecule has 31 heavy (non-hydrogen) atoms. The van der Waals surface area contributed by atoms with Gasteiger partial charge in [-0.1, -0.05) is 30.9 Å². The molecule has 0 aliphatic carbocycles. The summed E-state index contributed by atoms with van der Waals surface area (Å²) in [5.41, 5.74) is 3.86. The van der Waals surface area contributed by atoms with E-state index in [1.807, 2.05) is 48.8 Å². The van der Waals surface area contributed by atoms with Crippen molar-refractivity contribution in [3.05, 3.63) is 70.5 Å². The van der Waals surface area contributed by atoms with E-state index in [0.717, 1.165) is 17.5 Å². The number of nitrogens with zero attached hydrogens (tertiary/aromatic N) is 6. The molecule has 4 heterocycles. The van der Waals surface area contributed by atoms with Crippen molar-refractivity contribution in [3.63, 3.8) is 0 Å². The Morgan fingerprint density at radius 2 is 2.16 bits per heavy atom. The maximum absolute atomic E-state index is 13.0. The molecule has 0 fully saturated rings. The molecule has 0 radical (unpaired) electrons. The summed E-state index contributed by atoms with van der Waals surface area (Å²) in [4.78, 5) is 25.2. The van der Waals surface area contributed by atoms with Crippen LogP contribution in [0.2, 0.25) is 0 Å². The lowest BCUT2D eigenvalue weighted by molar-refractivity contribution is 0.663. The maximum Gasteiger partial charge on any atom is 0.280 e. The van der Waals surface area contributed by atoms with Crippen molar-refractivity contribution in [2.75, 3.05) is 0 Å². The number of imidazole rings is 2. The number of nitrogens with one attached hydrogen (secondary N) is 1. The number of H-pyrrole nitrogens is 1. The van der Waals surface area contributed by atoms with Crippen molar-refractivity contribution in [1.82, 2.24) is 33.7 Å². The Morgan fingerprint density at radius 3 is 3.00 bits per heavy atom. The molecule has 0 spiro atoms. The van der Waals surface area contributed by atoms with Crippen molar-refractivity contribution in [2.45, 2.75) is 33.4 Å². The van der Waals surface area contributed by atoms with E-state index in [0.29, 0.717) is 35.9 Å². The summed E-state index contributed by atoms with van der Waals surface area (Å²) in [6, 6.07) is 8.09. The average molecular weight is 411 g/mol. The van der Waals surface area contributed by atoms with Gasteiger partial charge in [-0.15, -0.1) is 0 Å². The predicted molar refractivity (Wildman–Crippen MR) is 119 cm³/mol. The highest BCUT2D eigenvalue weighted by molar-refractivity contribution is 5.77. The highest BCUT2D eigenvalue weighted by Crippen LogP contribution is 2.19. The second-order valence-electron chi connectivity index (χ2n) is 7.44. The minimum absolute atomic E-state index is 0.120. The third-order valence-corrected chi connectivity index (χ3v) is 5.08. The monoisotopic (exact) mass is 411 g/mol. The molecule has 0 aliphatic heterocycles. The van der Waals surface area contributed by atoms with Gasteiger partial charge in [-0.2, -0.15) is 5.10 Å². The Balaban J connectivity index is 1.48. The molecule has 8 nitrogen and oxygen atoms in total. The number of aromatic nitrogens is 7. The average Bonchev–Trinajstić information content (AvgIpc) is 3.49. The smallest absolute Gasteiger partial charge is 0.280 e. The molecule has 1 aromatic carbocycles. The van der Waals surface area contributed by atoms with Gasteiger partial charge in [0.05, 0.1) is 11.8 Å². The largest absolute Gasteiger partial charge is 0.332 e. The summed E-state index contributed by atoms with van der Waals surface area (Å²) >= 11 is 0. The lowest BCUT2D eigenvalue weighted by Gasteiger charge is -2.05. The minimum Gasteiger partial charge on any atom is -0.332 e. The normalized spacial score (nSPS) is 11.2. The van der Waals surface area contributed by atoms with Crippen molar-refractivity contribution in [2.24, 2.45) is 0 Å². The second-order valence-corrected chi connectivity index (χ2v) is 7.44. The van der Waals surface area contributed by atoms with E-state index in [4.69, 9.17) is 0 Å². The number of fused-ring (bicyclic) bond motifs is 3. The summed E-state index contributed by atoms with van der Waals surface area (Å²) < 4.78 is 5.27. The number of aryl methyl sites for hydroxylation is 2. The number of hydrogen-bond donors (Lipinski definition) is 1. The van der Waals surface area contributed by atoms with E-state index < -0.39 is 0 Å². The van der Waals surface area contributed by atoms with Crippen LogP contribution in [0, 0.1) is 18.8 Å². The molecular formula is C23H21N7O. The lowest BCUT2D eigenvalue weighted by Crippen LogP contribution is -2.23. The molecule has 0 atom stereocenters. The van der Waals surface area contributed by atoms with Gasteiger partial charge in [-0.05, 0) is 31.0 Å². The standard InChI is InChI=1S/C23H21N7O/c1-3-10-30-22(31)19-21(29-12-9-24-23(29)30)27-20(26-19)18-14-25-28(15-18)11-5-8-17-7-4-6-16(2)13-17/h4,6-7,9,12-15H,3,10-11H2,1-2H3,(H,26,27). The number of benzene rings is 1. The molecule has 5 rings (SSSR count). The van der Waals surface area contributed by atoms with Crippen molar-refractivity contribution < 1.29 is 0 Å². The first-order valence-electron chi connectivity index (χ1n) is 10.2. The fourth-order valence-electron chi connectivity index (χ4n) is 3.65. The third-order valence-electron chi connectivity index (χ3n) is 5.08. The topological polar surface area (TPSA) is 85.8 Å². The van der Waals surface area contributed by atoms with Gasteiger partial charge in [0.25, 0.3) is 5.56 Å². The number of hydrogen-bond acceptors (Lipinski definition) is 4. The van der Waals surface area contributed by atoms with Gasteiger partial charge in [0, 0.05) is 30.7 Å². The van der Waals surface area contributed by atoms with Crippen molar-refractivity contribution in [1.29, 1.82) is 0 Å². The van der Waals surface area contributed by atoms with Gasteiger partial charge in [0.1, 0.15) is 12.4 Å². The Morgan fingerprint density at radius 1 is 1.26 bits per heavy atom. The summed E-state index contributed by atoms with van der Waals surface area (Å²) in [5, 5.41) is 4.38. The fourth-order valence-corrected chi connectivity index (χ4v) is 3.65. The van der Waals surface area contributed by atoms with Gasteiger partial charge in [-0.25, -0.2) is 9.97 Å². The molecule has 4 aromatic heterocycles. The first kappa shape index (κ1) is 18.9. The van der Waals surface area contributed by atoms with Crippen molar-refractivity contribution >= 4 is 16.9 Å². The molecule has 0 aliphatic rings. The van der Waals surface area contributed by atoms with Crippen LogP contribution in [0.5, 0.6) is 0 Å². The molecular weight excluding hydrogens is 390 g/mol. The Bertz CT molecular complexity index is 1520. The summed E-state index contributed by atoms with van der Waals surface area (Å²) in [5.74, 6) is 7.49. The van der Waals surface area contributed by atoms with Gasteiger partial charge >= 0.3 is 0 Å². The van der Waals surface area contributed by atoms with Crippen LogP contribution >= 0.6 is 0 Å². The first-order chi connectivity index (χ1) is 15.1. The Hall–Kier alpha value is -4.12. The summed E-state index contributed by atoms with van der Waals surface area (Å²) in [6.45, 7) is 5.14. The fraction of sp³-hybridized carbons (Fsp3) is 0.217. The van der Waals surface area contributed by atoms with Crippen LogP contribution in [-0.2, 0) is 13.1 Å². The van der Waals surface area contributed by atoms with Crippen LogP contribution in [0.1, 0.15) is 24.5 Å². The predicted octanol–water partition coefficient (Wildman–Crippen LogP) is 3.01.